The first kappa shape index (κ1) is 30.5. The number of carbonyl (C=O) groups is 1. The minimum absolute atomic E-state index is 0.365. The highest BCUT2D eigenvalue weighted by molar-refractivity contribution is 5.66. The number of hydrogen-bond acceptors (Lipinski definition) is 4. The fourth-order valence-corrected chi connectivity index (χ4v) is 3.43. The van der Waals surface area contributed by atoms with Crippen molar-refractivity contribution in [3.63, 3.8) is 0 Å². The maximum absolute atomic E-state index is 11.0. The van der Waals surface area contributed by atoms with Gasteiger partial charge in [0.25, 0.3) is 0 Å². The van der Waals surface area contributed by atoms with Crippen LogP contribution in [0.15, 0.2) is 0 Å². The van der Waals surface area contributed by atoms with Gasteiger partial charge in [0.15, 0.2) is 0 Å². The van der Waals surface area contributed by atoms with Crippen LogP contribution in [0.4, 0.5) is 0 Å². The topological polar surface area (TPSA) is 98.0 Å². The van der Waals surface area contributed by atoms with Gasteiger partial charge in [0, 0.05) is 6.42 Å². The standard InChI is InChI=1S/C21H42O2.C3H8O3/c1-3-5-7-9-11-12-14-16-18-20(19-21(22)23)17-15-13-10-8-6-4-2;4-1-3(6)2-5/h20H,3-19H2,1-2H3,(H,22,23);3-6H,1-2H2. The quantitative estimate of drug-likeness (QED) is 0.190. The summed E-state index contributed by atoms with van der Waals surface area (Å²) in [5.41, 5.74) is 0. The molecule has 29 heavy (non-hydrogen) atoms. The van der Waals surface area contributed by atoms with Gasteiger partial charge >= 0.3 is 5.97 Å². The fraction of sp³-hybridized carbons (Fsp3) is 0.958. The lowest BCUT2D eigenvalue weighted by Gasteiger charge is -2.14. The number of hydrogen-bond donors (Lipinski definition) is 4. The SMILES string of the molecule is CCCCCCCCCCC(CCCCCCCC)CC(=O)O.OCC(O)CO. The van der Waals surface area contributed by atoms with E-state index >= 15 is 0 Å². The lowest BCUT2D eigenvalue weighted by atomic mass is 9.91. The van der Waals surface area contributed by atoms with Crippen LogP contribution < -0.4 is 0 Å². The predicted molar refractivity (Wildman–Crippen MR) is 121 cm³/mol. The van der Waals surface area contributed by atoms with Crippen LogP contribution in [-0.2, 0) is 4.79 Å². The summed E-state index contributed by atoms with van der Waals surface area (Å²) in [6, 6.07) is 0. The second-order valence-corrected chi connectivity index (χ2v) is 8.30. The Bertz CT molecular complexity index is 318. The third-order valence-corrected chi connectivity index (χ3v) is 5.32. The summed E-state index contributed by atoms with van der Waals surface area (Å²) < 4.78 is 0. The lowest BCUT2D eigenvalue weighted by Crippen LogP contribution is -2.15. The summed E-state index contributed by atoms with van der Waals surface area (Å²) in [5, 5.41) is 33.1. The molecule has 1 unspecified atom stereocenters. The Kier molecular flexibility index (Phi) is 26.7. The molecule has 176 valence electrons. The molecule has 0 aromatic rings. The number of rotatable bonds is 20. The van der Waals surface area contributed by atoms with E-state index in [2.05, 4.69) is 13.8 Å². The molecule has 0 saturated carbocycles. The third kappa shape index (κ3) is 27.4. The van der Waals surface area contributed by atoms with Gasteiger partial charge in [-0.15, -0.1) is 0 Å². The molecule has 0 bridgehead atoms. The van der Waals surface area contributed by atoms with Crippen LogP contribution in [-0.4, -0.2) is 45.7 Å². The van der Waals surface area contributed by atoms with Crippen molar-refractivity contribution in [1.82, 2.24) is 0 Å². The van der Waals surface area contributed by atoms with E-state index in [0.29, 0.717) is 12.3 Å². The van der Waals surface area contributed by atoms with Crippen molar-refractivity contribution >= 4 is 5.97 Å². The maximum atomic E-state index is 11.0. The maximum Gasteiger partial charge on any atom is 0.303 e. The summed E-state index contributed by atoms with van der Waals surface area (Å²) in [4.78, 5) is 11.0. The van der Waals surface area contributed by atoms with Crippen molar-refractivity contribution in [2.75, 3.05) is 13.2 Å². The molecule has 0 aliphatic heterocycles. The summed E-state index contributed by atoms with van der Waals surface area (Å²) in [5.74, 6) is -0.195. The van der Waals surface area contributed by atoms with Crippen LogP contribution in [0.2, 0.25) is 0 Å². The molecular weight excluding hydrogens is 368 g/mol. The zero-order valence-electron chi connectivity index (χ0n) is 19.3. The Labute approximate surface area is 179 Å². The summed E-state index contributed by atoms with van der Waals surface area (Å²) in [7, 11) is 0. The Morgan fingerprint density at radius 3 is 1.28 bits per heavy atom. The van der Waals surface area contributed by atoms with Gasteiger partial charge in [-0.1, -0.05) is 104 Å². The van der Waals surface area contributed by atoms with E-state index in [4.69, 9.17) is 20.4 Å². The second kappa shape index (κ2) is 25.4. The smallest absolute Gasteiger partial charge is 0.303 e. The van der Waals surface area contributed by atoms with E-state index in [-0.39, 0.29) is 13.2 Å². The van der Waals surface area contributed by atoms with Crippen LogP contribution in [0.5, 0.6) is 0 Å². The van der Waals surface area contributed by atoms with Gasteiger partial charge in [-0.25, -0.2) is 0 Å². The van der Waals surface area contributed by atoms with Gasteiger partial charge in [-0.05, 0) is 18.8 Å². The molecule has 1 atom stereocenters. The molecule has 0 fully saturated rings. The average molecular weight is 419 g/mol. The van der Waals surface area contributed by atoms with Gasteiger partial charge in [0.2, 0.25) is 0 Å². The largest absolute Gasteiger partial charge is 0.481 e. The Balaban J connectivity index is 0. The molecule has 0 amide bonds. The Morgan fingerprint density at radius 1 is 0.655 bits per heavy atom. The van der Waals surface area contributed by atoms with Crippen LogP contribution in [0.1, 0.15) is 123 Å². The van der Waals surface area contributed by atoms with E-state index in [1.165, 1.54) is 89.9 Å². The minimum Gasteiger partial charge on any atom is -0.481 e. The second-order valence-electron chi connectivity index (χ2n) is 8.30. The summed E-state index contributed by atoms with van der Waals surface area (Å²) >= 11 is 0. The Morgan fingerprint density at radius 2 is 1.00 bits per heavy atom. The van der Waals surface area contributed by atoms with Gasteiger partial charge in [-0.2, -0.15) is 0 Å². The van der Waals surface area contributed by atoms with Crippen molar-refractivity contribution in [1.29, 1.82) is 0 Å². The average Bonchev–Trinajstić information content (AvgIpc) is 2.71. The van der Waals surface area contributed by atoms with Crippen molar-refractivity contribution in [2.45, 2.75) is 129 Å². The molecule has 0 rings (SSSR count). The highest BCUT2D eigenvalue weighted by Gasteiger charge is 2.12. The van der Waals surface area contributed by atoms with Crippen molar-refractivity contribution in [3.8, 4) is 0 Å². The highest BCUT2D eigenvalue weighted by atomic mass is 16.4. The summed E-state index contributed by atoms with van der Waals surface area (Å²) in [6.07, 6.45) is 20.1. The molecule has 0 aliphatic rings. The minimum atomic E-state index is -0.954. The molecule has 0 aromatic heterocycles. The molecule has 0 aliphatic carbocycles. The highest BCUT2D eigenvalue weighted by Crippen LogP contribution is 2.22. The lowest BCUT2D eigenvalue weighted by molar-refractivity contribution is -0.138. The monoisotopic (exact) mass is 418 g/mol. The van der Waals surface area contributed by atoms with E-state index < -0.39 is 12.1 Å². The van der Waals surface area contributed by atoms with Crippen LogP contribution in [0.3, 0.4) is 0 Å². The molecule has 4 N–H and O–H groups in total. The number of aliphatic hydroxyl groups is 3. The molecular formula is C24H50O5. The van der Waals surface area contributed by atoms with Gasteiger partial charge in [0.1, 0.15) is 6.10 Å². The van der Waals surface area contributed by atoms with E-state index in [9.17, 15) is 4.79 Å². The van der Waals surface area contributed by atoms with Gasteiger partial charge < -0.3 is 20.4 Å². The summed E-state index contributed by atoms with van der Waals surface area (Å²) in [6.45, 7) is 3.77. The van der Waals surface area contributed by atoms with Crippen LogP contribution in [0.25, 0.3) is 0 Å². The molecule has 0 aromatic carbocycles. The predicted octanol–water partition coefficient (Wildman–Crippen LogP) is 5.69. The van der Waals surface area contributed by atoms with E-state index in [1.807, 2.05) is 0 Å². The number of aliphatic hydroxyl groups excluding tert-OH is 3. The molecule has 0 heterocycles. The number of aliphatic carboxylic acids is 1. The zero-order chi connectivity index (χ0) is 22.2. The van der Waals surface area contributed by atoms with E-state index in [0.717, 1.165) is 12.8 Å². The fourth-order valence-electron chi connectivity index (χ4n) is 3.43. The van der Waals surface area contributed by atoms with Gasteiger partial charge in [0.05, 0.1) is 13.2 Å². The van der Waals surface area contributed by atoms with Crippen LogP contribution >= 0.6 is 0 Å². The van der Waals surface area contributed by atoms with Crippen molar-refractivity contribution in [2.24, 2.45) is 5.92 Å². The number of carboxylic acids is 1. The first-order valence-electron chi connectivity index (χ1n) is 12.1. The molecule has 0 radical (unpaired) electrons. The first-order valence-corrected chi connectivity index (χ1v) is 12.1. The zero-order valence-corrected chi connectivity index (χ0v) is 19.3. The van der Waals surface area contributed by atoms with Crippen molar-refractivity contribution < 1.29 is 25.2 Å². The number of carboxylic acid groups (broad SMARTS) is 1. The van der Waals surface area contributed by atoms with E-state index in [1.54, 1.807) is 0 Å². The van der Waals surface area contributed by atoms with Crippen molar-refractivity contribution in [3.05, 3.63) is 0 Å². The Hall–Kier alpha value is -0.650. The first-order chi connectivity index (χ1) is 14.0. The van der Waals surface area contributed by atoms with Gasteiger partial charge in [-0.3, -0.25) is 4.79 Å². The third-order valence-electron chi connectivity index (χ3n) is 5.32. The molecule has 5 nitrogen and oxygen atoms in total. The number of unbranched alkanes of at least 4 members (excludes halogenated alkanes) is 12. The molecule has 0 spiro atoms. The normalized spacial score (nSPS) is 11.9. The molecule has 0 saturated heterocycles. The van der Waals surface area contributed by atoms with Crippen LogP contribution in [0, 0.1) is 5.92 Å². The molecule has 5 heteroatoms.